The van der Waals surface area contributed by atoms with Crippen LogP contribution >= 0.6 is 11.3 Å². The molecule has 12 heteroatoms. The zero-order valence-electron chi connectivity index (χ0n) is 17.5. The summed E-state index contributed by atoms with van der Waals surface area (Å²) in [7, 11) is -5.59. The number of carbonyl (C=O) groups is 1. The minimum atomic E-state index is -5.59. The van der Waals surface area contributed by atoms with E-state index in [0.29, 0.717) is 35.6 Å². The van der Waals surface area contributed by atoms with Crippen molar-refractivity contribution in [3.63, 3.8) is 0 Å². The topological polar surface area (TPSA) is 114 Å². The van der Waals surface area contributed by atoms with Gasteiger partial charge in [-0.25, -0.2) is 18.2 Å². The molecule has 1 saturated carbocycles. The molecule has 0 bridgehead atoms. The number of rotatable bonds is 5. The predicted molar refractivity (Wildman–Crippen MR) is 115 cm³/mol. The second-order valence-corrected chi connectivity index (χ2v) is 11.0. The van der Waals surface area contributed by atoms with Crippen LogP contribution in [0.5, 0.6) is 0 Å². The second kappa shape index (κ2) is 8.89. The maximum absolute atomic E-state index is 13.2. The molecule has 1 amide bonds. The molecule has 1 fully saturated rings. The van der Waals surface area contributed by atoms with E-state index >= 15 is 0 Å². The second-order valence-electron chi connectivity index (χ2n) is 8.06. The monoisotopic (exact) mass is 491 g/mol. The molecule has 2 aromatic rings. The summed E-state index contributed by atoms with van der Waals surface area (Å²) in [4.78, 5) is 16.7. The lowest BCUT2D eigenvalue weighted by molar-refractivity contribution is -0.0435. The van der Waals surface area contributed by atoms with Gasteiger partial charge in [0.15, 0.2) is 0 Å². The highest BCUT2D eigenvalue weighted by atomic mass is 32.2. The molecular formula is C20H24F3N3O4S2. The van der Waals surface area contributed by atoms with Gasteiger partial charge in [-0.3, -0.25) is 0 Å². The zero-order chi connectivity index (χ0) is 23.8. The van der Waals surface area contributed by atoms with E-state index < -0.39 is 26.3 Å². The van der Waals surface area contributed by atoms with Crippen molar-refractivity contribution in [2.24, 2.45) is 0 Å². The molecule has 1 aromatic carbocycles. The molecule has 0 unspecified atom stereocenters. The van der Waals surface area contributed by atoms with E-state index in [1.54, 1.807) is 0 Å². The number of aromatic nitrogens is 1. The number of hydrogen-bond donors (Lipinski definition) is 2. The van der Waals surface area contributed by atoms with Gasteiger partial charge in [-0.2, -0.15) is 13.2 Å². The van der Waals surface area contributed by atoms with Gasteiger partial charge >= 0.3 is 11.6 Å². The molecule has 3 rings (SSSR count). The lowest BCUT2D eigenvalue weighted by Crippen LogP contribution is -2.45. The van der Waals surface area contributed by atoms with Crippen molar-refractivity contribution in [3.8, 4) is 10.4 Å². The predicted octanol–water partition coefficient (Wildman–Crippen LogP) is 5.10. The summed E-state index contributed by atoms with van der Waals surface area (Å²) >= 11 is 1.15. The van der Waals surface area contributed by atoms with Gasteiger partial charge in [-0.1, -0.05) is 6.07 Å². The van der Waals surface area contributed by atoms with Gasteiger partial charge in [-0.05, 0) is 51.7 Å². The summed E-state index contributed by atoms with van der Waals surface area (Å²) in [6, 6.07) is 3.19. The summed E-state index contributed by atoms with van der Waals surface area (Å²) in [6.45, 7) is 3.65. The zero-order valence-corrected chi connectivity index (χ0v) is 19.1. The van der Waals surface area contributed by atoms with Crippen LogP contribution in [-0.2, 0) is 9.84 Å². The minimum absolute atomic E-state index is 0.0317. The van der Waals surface area contributed by atoms with Crippen LogP contribution in [0.2, 0.25) is 0 Å². The van der Waals surface area contributed by atoms with Crippen molar-refractivity contribution in [3.05, 3.63) is 29.4 Å². The lowest BCUT2D eigenvalue weighted by atomic mass is 9.85. The molecule has 0 aliphatic heterocycles. The molecule has 3 N–H and O–H groups in total. The molecule has 0 spiro atoms. The Morgan fingerprint density at radius 1 is 1.25 bits per heavy atom. The Labute approximate surface area is 188 Å². The minimum Gasteiger partial charge on any atom is -0.465 e. The first kappa shape index (κ1) is 24.3. The van der Waals surface area contributed by atoms with Gasteiger partial charge < -0.3 is 15.7 Å². The number of nitrogen functional groups attached to an aromatic ring is 1. The van der Waals surface area contributed by atoms with E-state index in [1.165, 1.54) is 23.2 Å². The Bertz CT molecular complexity index is 1090. The van der Waals surface area contributed by atoms with Crippen molar-refractivity contribution >= 4 is 33.0 Å². The Morgan fingerprint density at radius 3 is 2.41 bits per heavy atom. The summed E-state index contributed by atoms with van der Waals surface area (Å²) in [5, 5.41) is 10.1. The Kier molecular flexibility index (Phi) is 6.75. The highest BCUT2D eigenvalue weighted by molar-refractivity contribution is 7.92. The molecule has 176 valence electrons. The van der Waals surface area contributed by atoms with Crippen molar-refractivity contribution in [1.29, 1.82) is 0 Å². The first-order valence-corrected chi connectivity index (χ1v) is 12.3. The van der Waals surface area contributed by atoms with E-state index in [4.69, 9.17) is 5.73 Å². The number of amides is 1. The highest BCUT2D eigenvalue weighted by Crippen LogP contribution is 2.42. The highest BCUT2D eigenvalue weighted by Gasteiger charge is 2.48. The lowest BCUT2D eigenvalue weighted by Gasteiger charge is -2.37. The van der Waals surface area contributed by atoms with Crippen molar-refractivity contribution < 1.29 is 31.5 Å². The van der Waals surface area contributed by atoms with Gasteiger partial charge in [0.1, 0.15) is 0 Å². The number of benzene rings is 1. The number of carboxylic acid groups (broad SMARTS) is 1. The third-order valence-electron chi connectivity index (χ3n) is 5.61. The summed E-state index contributed by atoms with van der Waals surface area (Å²) in [5.41, 5.74) is -0.0747. The van der Waals surface area contributed by atoms with Crippen LogP contribution in [0.3, 0.4) is 0 Å². The van der Waals surface area contributed by atoms with Crippen LogP contribution in [0.1, 0.15) is 50.5 Å². The van der Waals surface area contributed by atoms with E-state index in [-0.39, 0.29) is 29.3 Å². The summed E-state index contributed by atoms with van der Waals surface area (Å²) < 4.78 is 63.7. The number of thiazole rings is 1. The van der Waals surface area contributed by atoms with Crippen LogP contribution in [0.4, 0.5) is 23.7 Å². The van der Waals surface area contributed by atoms with Gasteiger partial charge in [0.2, 0.25) is 0 Å². The Morgan fingerprint density at radius 2 is 1.88 bits per heavy atom. The molecule has 0 radical (unpaired) electrons. The smallest absolute Gasteiger partial charge is 0.465 e. The number of hydrogen-bond acceptors (Lipinski definition) is 6. The fourth-order valence-electron chi connectivity index (χ4n) is 4.09. The first-order valence-electron chi connectivity index (χ1n) is 10.0. The number of nitrogens with two attached hydrogens (primary N) is 1. The van der Waals surface area contributed by atoms with Crippen LogP contribution < -0.4 is 5.73 Å². The van der Waals surface area contributed by atoms with Crippen LogP contribution in [0.25, 0.3) is 10.4 Å². The van der Waals surface area contributed by atoms with E-state index in [2.05, 4.69) is 4.98 Å². The molecule has 32 heavy (non-hydrogen) atoms. The third-order valence-corrected chi connectivity index (χ3v) is 8.32. The van der Waals surface area contributed by atoms with Gasteiger partial charge in [0.05, 0.1) is 14.8 Å². The van der Waals surface area contributed by atoms with E-state index in [0.717, 1.165) is 17.4 Å². The maximum Gasteiger partial charge on any atom is 0.501 e. The summed E-state index contributed by atoms with van der Waals surface area (Å²) in [6.07, 6.45) is 3.10. The molecule has 0 saturated heterocycles. The maximum atomic E-state index is 13.2. The molecule has 0 atom stereocenters. The van der Waals surface area contributed by atoms with E-state index in [1.807, 2.05) is 13.8 Å². The van der Waals surface area contributed by atoms with Gasteiger partial charge in [-0.15, -0.1) is 11.3 Å². The largest absolute Gasteiger partial charge is 0.501 e. The number of nitrogens with zero attached hydrogens (tertiary/aromatic N) is 2. The quantitative estimate of drug-likeness (QED) is 0.563. The number of anilines is 1. The van der Waals surface area contributed by atoms with Crippen LogP contribution in [0.15, 0.2) is 29.3 Å². The molecule has 1 aromatic heterocycles. The van der Waals surface area contributed by atoms with Gasteiger partial charge in [0.25, 0.3) is 9.84 Å². The SMILES string of the molecule is CC(C)N(C(=O)O)C1CCC(c2ncc(-c3ccc(N)cc3S(=O)(=O)C(F)(F)F)s2)CC1. The standard InChI is InChI=1S/C20H24F3N3O4S2/c1-11(2)26(19(27)28)14-6-3-12(4-7-14)18-25-10-16(31-18)15-8-5-13(24)9-17(15)32(29,30)20(21,22)23/h5,8-12,14H,3-4,6-7,24H2,1-2H3,(H,27,28). The Hall–Kier alpha value is -2.34. The normalized spacial score (nSPS) is 19.8. The average Bonchev–Trinajstić information content (AvgIpc) is 3.17. The van der Waals surface area contributed by atoms with Crippen LogP contribution in [-0.4, -0.2) is 47.1 Å². The first-order chi connectivity index (χ1) is 14.8. The molecule has 7 nitrogen and oxygen atoms in total. The number of halogens is 3. The van der Waals surface area contributed by atoms with Crippen molar-refractivity contribution in [1.82, 2.24) is 9.88 Å². The summed E-state index contributed by atoms with van der Waals surface area (Å²) in [5.74, 6) is 0.0317. The third kappa shape index (κ3) is 4.70. The molecule has 1 aliphatic rings. The Balaban J connectivity index is 1.85. The number of sulfone groups is 1. The molecule has 1 heterocycles. The fourth-order valence-corrected chi connectivity index (χ4v) is 6.29. The molecule has 1 aliphatic carbocycles. The van der Waals surface area contributed by atoms with Gasteiger partial charge in [0, 0.05) is 35.4 Å². The fraction of sp³-hybridized carbons (Fsp3) is 0.500. The van der Waals surface area contributed by atoms with Crippen molar-refractivity contribution in [2.75, 3.05) is 5.73 Å². The van der Waals surface area contributed by atoms with Crippen LogP contribution in [0, 0.1) is 0 Å². The average molecular weight is 492 g/mol. The van der Waals surface area contributed by atoms with Crippen molar-refractivity contribution in [2.45, 2.75) is 67.9 Å². The van der Waals surface area contributed by atoms with E-state index in [9.17, 15) is 31.5 Å². The molecular weight excluding hydrogens is 467 g/mol. The number of alkyl halides is 3.